The third kappa shape index (κ3) is 3.71. The first kappa shape index (κ1) is 14.3. The molecule has 0 aliphatic rings. The molecule has 2 aromatic heterocycles. The Morgan fingerprint density at radius 1 is 1.45 bits per heavy atom. The number of hydrogen-bond donors (Lipinski definition) is 2. The van der Waals surface area contributed by atoms with Gasteiger partial charge in [0, 0.05) is 38.8 Å². The maximum absolute atomic E-state index is 12.0. The summed E-state index contributed by atoms with van der Waals surface area (Å²) in [6.07, 6.45) is 2.56. The first-order valence-electron chi connectivity index (χ1n) is 6.20. The van der Waals surface area contributed by atoms with Gasteiger partial charge in [0.15, 0.2) is 0 Å². The Hall–Kier alpha value is -2.08. The van der Waals surface area contributed by atoms with E-state index in [1.807, 2.05) is 19.3 Å². The number of hydrogen-bond acceptors (Lipinski definition) is 4. The van der Waals surface area contributed by atoms with Gasteiger partial charge in [-0.1, -0.05) is 11.6 Å². The summed E-state index contributed by atoms with van der Waals surface area (Å²) in [5, 5.41) is 10.2. The molecule has 106 valence electrons. The van der Waals surface area contributed by atoms with Crippen LogP contribution in [-0.2, 0) is 13.5 Å². The van der Waals surface area contributed by atoms with E-state index in [0.717, 1.165) is 5.69 Å². The molecule has 0 aliphatic carbocycles. The van der Waals surface area contributed by atoms with Crippen molar-refractivity contribution in [2.45, 2.75) is 6.42 Å². The van der Waals surface area contributed by atoms with Gasteiger partial charge in [0.1, 0.15) is 11.0 Å². The van der Waals surface area contributed by atoms with Crippen LogP contribution in [0.5, 0.6) is 0 Å². The Morgan fingerprint density at radius 3 is 2.90 bits per heavy atom. The van der Waals surface area contributed by atoms with E-state index in [2.05, 4.69) is 20.7 Å². The van der Waals surface area contributed by atoms with E-state index in [-0.39, 0.29) is 11.1 Å². The summed E-state index contributed by atoms with van der Waals surface area (Å²) < 4.78 is 1.74. The van der Waals surface area contributed by atoms with Crippen LogP contribution in [0.1, 0.15) is 16.1 Å². The van der Waals surface area contributed by atoms with Crippen molar-refractivity contribution < 1.29 is 4.79 Å². The molecule has 2 N–H and O–H groups in total. The van der Waals surface area contributed by atoms with E-state index in [1.165, 1.54) is 0 Å². The zero-order chi connectivity index (χ0) is 14.5. The first-order chi connectivity index (χ1) is 9.58. The highest BCUT2D eigenvalue weighted by molar-refractivity contribution is 6.29. The molecule has 2 heterocycles. The molecule has 0 atom stereocenters. The second kappa shape index (κ2) is 6.38. The van der Waals surface area contributed by atoms with E-state index in [4.69, 9.17) is 11.6 Å². The van der Waals surface area contributed by atoms with Gasteiger partial charge >= 0.3 is 0 Å². The number of halogens is 1. The molecule has 1 amide bonds. The van der Waals surface area contributed by atoms with Crippen molar-refractivity contribution in [2.24, 2.45) is 7.05 Å². The second-order valence-corrected chi connectivity index (χ2v) is 4.69. The van der Waals surface area contributed by atoms with Crippen molar-refractivity contribution in [2.75, 3.05) is 18.9 Å². The van der Waals surface area contributed by atoms with Gasteiger partial charge in [-0.3, -0.25) is 9.48 Å². The number of carbonyl (C=O) groups excluding carboxylic acids is 1. The Bertz CT molecular complexity index is 611. The highest BCUT2D eigenvalue weighted by Crippen LogP contribution is 2.13. The highest BCUT2D eigenvalue weighted by Gasteiger charge is 2.08. The molecule has 20 heavy (non-hydrogen) atoms. The molecule has 0 unspecified atom stereocenters. The van der Waals surface area contributed by atoms with Gasteiger partial charge in [-0.05, 0) is 18.2 Å². The minimum atomic E-state index is -0.179. The summed E-state index contributed by atoms with van der Waals surface area (Å²) in [7, 11) is 3.59. The molecular weight excluding hydrogens is 278 g/mol. The van der Waals surface area contributed by atoms with Gasteiger partial charge < -0.3 is 10.6 Å². The number of pyridine rings is 1. The summed E-state index contributed by atoms with van der Waals surface area (Å²) in [6, 6.07) is 5.12. The number of nitrogens with one attached hydrogen (secondary N) is 2. The Kier molecular flexibility index (Phi) is 4.57. The summed E-state index contributed by atoms with van der Waals surface area (Å²) >= 11 is 5.86. The lowest BCUT2D eigenvalue weighted by Crippen LogP contribution is -2.26. The quantitative estimate of drug-likeness (QED) is 0.819. The minimum absolute atomic E-state index is 0.179. The standard InChI is InChI=1S/C13H16ClN5O/c1-15-12-8-9(7-11(14)17-12)13(20)16-5-3-10-4-6-19(2)18-10/h4,6-8H,3,5H2,1-2H3,(H,15,17)(H,16,20). The van der Waals surface area contributed by atoms with Crippen molar-refractivity contribution in [1.82, 2.24) is 20.1 Å². The third-order valence-electron chi connectivity index (χ3n) is 2.75. The predicted molar refractivity (Wildman–Crippen MR) is 78.0 cm³/mol. The lowest BCUT2D eigenvalue weighted by atomic mass is 10.2. The van der Waals surface area contributed by atoms with Gasteiger partial charge in [-0.15, -0.1) is 0 Å². The van der Waals surface area contributed by atoms with Crippen LogP contribution in [0.4, 0.5) is 5.82 Å². The Labute approximate surface area is 122 Å². The SMILES string of the molecule is CNc1cc(C(=O)NCCc2ccn(C)n2)cc(Cl)n1. The van der Waals surface area contributed by atoms with Crippen LogP contribution in [0.25, 0.3) is 0 Å². The normalized spacial score (nSPS) is 10.3. The van der Waals surface area contributed by atoms with Crippen molar-refractivity contribution in [3.05, 3.63) is 40.8 Å². The summed E-state index contributed by atoms with van der Waals surface area (Å²) in [5.41, 5.74) is 1.42. The number of aromatic nitrogens is 3. The molecule has 0 fully saturated rings. The molecule has 0 bridgehead atoms. The van der Waals surface area contributed by atoms with E-state index in [1.54, 1.807) is 23.9 Å². The zero-order valence-electron chi connectivity index (χ0n) is 11.4. The monoisotopic (exact) mass is 293 g/mol. The number of aryl methyl sites for hydroxylation is 1. The van der Waals surface area contributed by atoms with Crippen molar-refractivity contribution in [3.8, 4) is 0 Å². The van der Waals surface area contributed by atoms with Crippen LogP contribution < -0.4 is 10.6 Å². The molecule has 2 rings (SSSR count). The van der Waals surface area contributed by atoms with Gasteiger partial charge in [-0.2, -0.15) is 5.10 Å². The topological polar surface area (TPSA) is 71.8 Å². The van der Waals surface area contributed by atoms with Crippen LogP contribution in [0.15, 0.2) is 24.4 Å². The molecule has 0 saturated heterocycles. The molecular formula is C13H16ClN5O. The fourth-order valence-corrected chi connectivity index (χ4v) is 1.97. The van der Waals surface area contributed by atoms with Crippen molar-refractivity contribution >= 4 is 23.3 Å². The predicted octanol–water partition coefficient (Wildman–Crippen LogP) is 1.48. The van der Waals surface area contributed by atoms with E-state index in [0.29, 0.717) is 24.3 Å². The Balaban J connectivity index is 1.93. The van der Waals surface area contributed by atoms with Crippen molar-refractivity contribution in [1.29, 1.82) is 0 Å². The number of nitrogens with zero attached hydrogens (tertiary/aromatic N) is 3. The maximum Gasteiger partial charge on any atom is 0.251 e. The average molecular weight is 294 g/mol. The largest absolute Gasteiger partial charge is 0.373 e. The summed E-state index contributed by atoms with van der Waals surface area (Å²) in [6.45, 7) is 0.519. The third-order valence-corrected chi connectivity index (χ3v) is 2.94. The summed E-state index contributed by atoms with van der Waals surface area (Å²) in [5.74, 6) is 0.383. The molecule has 2 aromatic rings. The highest BCUT2D eigenvalue weighted by atomic mass is 35.5. The molecule has 7 heteroatoms. The van der Waals surface area contributed by atoms with Gasteiger partial charge in [0.05, 0.1) is 5.69 Å². The van der Waals surface area contributed by atoms with Gasteiger partial charge in [-0.25, -0.2) is 4.98 Å². The van der Waals surface area contributed by atoms with E-state index >= 15 is 0 Å². The lowest BCUT2D eigenvalue weighted by molar-refractivity contribution is 0.0954. The van der Waals surface area contributed by atoms with Crippen molar-refractivity contribution in [3.63, 3.8) is 0 Å². The molecule has 0 saturated carbocycles. The molecule has 0 aromatic carbocycles. The van der Waals surface area contributed by atoms with Crippen LogP contribution in [-0.4, -0.2) is 34.3 Å². The Morgan fingerprint density at radius 2 is 2.25 bits per heavy atom. The van der Waals surface area contributed by atoms with Crippen LogP contribution in [0.2, 0.25) is 5.15 Å². The number of rotatable bonds is 5. The van der Waals surface area contributed by atoms with Crippen LogP contribution >= 0.6 is 11.6 Å². The zero-order valence-corrected chi connectivity index (χ0v) is 12.1. The summed E-state index contributed by atoms with van der Waals surface area (Å²) in [4.78, 5) is 16.0. The van der Waals surface area contributed by atoms with Crippen LogP contribution in [0, 0.1) is 0 Å². The fraction of sp³-hybridized carbons (Fsp3) is 0.308. The van der Waals surface area contributed by atoms with Gasteiger partial charge in [0.2, 0.25) is 0 Å². The molecule has 0 spiro atoms. The smallest absolute Gasteiger partial charge is 0.251 e. The molecule has 0 radical (unpaired) electrons. The average Bonchev–Trinajstić information content (AvgIpc) is 2.83. The lowest BCUT2D eigenvalue weighted by Gasteiger charge is -2.06. The molecule has 0 aliphatic heterocycles. The van der Waals surface area contributed by atoms with E-state index in [9.17, 15) is 4.79 Å². The van der Waals surface area contributed by atoms with E-state index < -0.39 is 0 Å². The number of anilines is 1. The first-order valence-corrected chi connectivity index (χ1v) is 6.58. The fourth-order valence-electron chi connectivity index (χ4n) is 1.76. The van der Waals surface area contributed by atoms with Gasteiger partial charge in [0.25, 0.3) is 5.91 Å². The molecule has 6 nitrogen and oxygen atoms in total. The van der Waals surface area contributed by atoms with Crippen LogP contribution in [0.3, 0.4) is 0 Å². The minimum Gasteiger partial charge on any atom is -0.373 e. The second-order valence-electron chi connectivity index (χ2n) is 4.30. The maximum atomic E-state index is 12.0. The number of amides is 1. The number of carbonyl (C=O) groups is 1.